The molecule has 0 aliphatic carbocycles. The Morgan fingerprint density at radius 1 is 1.18 bits per heavy atom. The van der Waals surface area contributed by atoms with Crippen molar-refractivity contribution in [1.82, 2.24) is 5.32 Å². The number of carbonyl (C=O) groups excluding carboxylic acids is 1. The summed E-state index contributed by atoms with van der Waals surface area (Å²) in [5.74, 6) is -0.0718. The van der Waals surface area contributed by atoms with Crippen LogP contribution in [-0.2, 0) is 16.0 Å². The van der Waals surface area contributed by atoms with Crippen molar-refractivity contribution in [3.63, 3.8) is 0 Å². The number of benzene rings is 1. The Labute approximate surface area is 134 Å². The largest absolute Gasteiger partial charge is 0.381 e. The van der Waals surface area contributed by atoms with Gasteiger partial charge in [0.25, 0.3) is 0 Å². The van der Waals surface area contributed by atoms with E-state index in [1.54, 1.807) is 0 Å². The van der Waals surface area contributed by atoms with E-state index in [2.05, 4.69) is 17.4 Å². The molecule has 22 heavy (non-hydrogen) atoms. The fraction of sp³-hybridized carbons (Fsp3) is 0.611. The number of unbranched alkanes of at least 4 members (excludes halogenated alkanes) is 1. The molecule has 0 fully saturated rings. The summed E-state index contributed by atoms with van der Waals surface area (Å²) in [4.78, 5) is 11.8. The number of nitrogens with one attached hydrogen (secondary N) is 1. The predicted octanol–water partition coefficient (Wildman–Crippen LogP) is 2.52. The summed E-state index contributed by atoms with van der Waals surface area (Å²) in [7, 11) is 0. The Hall–Kier alpha value is -1.39. The van der Waals surface area contributed by atoms with Gasteiger partial charge in [0.2, 0.25) is 5.91 Å². The molecular weight excluding hydrogens is 276 g/mol. The normalized spacial score (nSPS) is 12.9. The maximum atomic E-state index is 11.8. The van der Waals surface area contributed by atoms with Crippen LogP contribution < -0.4 is 11.1 Å². The van der Waals surface area contributed by atoms with Crippen molar-refractivity contribution >= 4 is 5.91 Å². The molecule has 0 aliphatic rings. The van der Waals surface area contributed by atoms with Gasteiger partial charge in [0.15, 0.2) is 0 Å². The van der Waals surface area contributed by atoms with Crippen molar-refractivity contribution in [2.45, 2.75) is 46.1 Å². The number of ether oxygens (including phenoxy) is 1. The Kier molecular flexibility index (Phi) is 8.13. The molecule has 0 bridgehead atoms. The molecule has 0 spiro atoms. The van der Waals surface area contributed by atoms with Crippen molar-refractivity contribution in [1.29, 1.82) is 0 Å². The van der Waals surface area contributed by atoms with Gasteiger partial charge in [0.1, 0.15) is 0 Å². The second-order valence-electron chi connectivity index (χ2n) is 6.69. The Bertz CT molecular complexity index is 426. The third kappa shape index (κ3) is 7.57. The minimum atomic E-state index is -0.463. The molecule has 3 N–H and O–H groups in total. The van der Waals surface area contributed by atoms with Gasteiger partial charge in [-0.25, -0.2) is 0 Å². The summed E-state index contributed by atoms with van der Waals surface area (Å²) in [6, 6.07) is 9.86. The quantitative estimate of drug-likeness (QED) is 0.689. The zero-order valence-electron chi connectivity index (χ0n) is 14.1. The third-order valence-electron chi connectivity index (χ3n) is 3.61. The first-order valence-electron chi connectivity index (χ1n) is 8.06. The van der Waals surface area contributed by atoms with Crippen LogP contribution in [0.4, 0.5) is 0 Å². The van der Waals surface area contributed by atoms with Crippen molar-refractivity contribution < 1.29 is 9.53 Å². The molecule has 0 radical (unpaired) electrons. The highest BCUT2D eigenvalue weighted by Crippen LogP contribution is 2.17. The number of amides is 1. The Morgan fingerprint density at radius 3 is 2.50 bits per heavy atom. The lowest BCUT2D eigenvalue weighted by molar-refractivity contribution is -0.124. The van der Waals surface area contributed by atoms with Crippen LogP contribution in [0.25, 0.3) is 0 Å². The van der Waals surface area contributed by atoms with Crippen LogP contribution >= 0.6 is 0 Å². The van der Waals surface area contributed by atoms with Crippen LogP contribution in [0.1, 0.15) is 39.2 Å². The maximum absolute atomic E-state index is 11.8. The van der Waals surface area contributed by atoms with Gasteiger partial charge >= 0.3 is 0 Å². The van der Waals surface area contributed by atoms with Gasteiger partial charge in [-0.05, 0) is 30.2 Å². The first kappa shape index (κ1) is 18.7. The van der Waals surface area contributed by atoms with Crippen LogP contribution in [0.3, 0.4) is 0 Å². The van der Waals surface area contributed by atoms with Gasteiger partial charge in [0.05, 0.1) is 12.6 Å². The van der Waals surface area contributed by atoms with Gasteiger partial charge in [0, 0.05) is 13.2 Å². The summed E-state index contributed by atoms with van der Waals surface area (Å²) in [6.07, 6.45) is 2.80. The van der Waals surface area contributed by atoms with Gasteiger partial charge in [-0.3, -0.25) is 4.79 Å². The standard InChI is InChI=1S/C18H30N2O2/c1-18(2,3)16(19)17(21)20-12-7-8-13-22-14-11-15-9-5-4-6-10-15/h4-6,9-10,16H,7-8,11-14,19H2,1-3H3,(H,20,21)/t16-/m1/s1. The molecule has 1 atom stereocenters. The maximum Gasteiger partial charge on any atom is 0.237 e. The van der Waals surface area contributed by atoms with Crippen molar-refractivity contribution in [3.8, 4) is 0 Å². The summed E-state index contributed by atoms with van der Waals surface area (Å²) in [5, 5.41) is 2.89. The van der Waals surface area contributed by atoms with E-state index in [1.165, 1.54) is 5.56 Å². The first-order valence-corrected chi connectivity index (χ1v) is 8.06. The second-order valence-corrected chi connectivity index (χ2v) is 6.69. The average molecular weight is 306 g/mol. The molecule has 124 valence electrons. The molecule has 1 rings (SSSR count). The van der Waals surface area contributed by atoms with Crippen LogP contribution in [0, 0.1) is 5.41 Å². The van der Waals surface area contributed by atoms with Crippen LogP contribution in [0.15, 0.2) is 30.3 Å². The fourth-order valence-corrected chi connectivity index (χ4v) is 1.98. The van der Waals surface area contributed by atoms with Crippen molar-refractivity contribution in [2.75, 3.05) is 19.8 Å². The molecule has 1 amide bonds. The van der Waals surface area contributed by atoms with E-state index >= 15 is 0 Å². The summed E-state index contributed by atoms with van der Waals surface area (Å²) >= 11 is 0. The van der Waals surface area contributed by atoms with E-state index in [0.717, 1.165) is 32.5 Å². The molecule has 0 aromatic heterocycles. The minimum absolute atomic E-state index is 0.0718. The highest BCUT2D eigenvalue weighted by molar-refractivity contribution is 5.82. The van der Waals surface area contributed by atoms with Crippen LogP contribution in [0.5, 0.6) is 0 Å². The molecule has 0 saturated heterocycles. The minimum Gasteiger partial charge on any atom is -0.381 e. The third-order valence-corrected chi connectivity index (χ3v) is 3.61. The zero-order chi connectivity index (χ0) is 16.4. The summed E-state index contributed by atoms with van der Waals surface area (Å²) in [5.41, 5.74) is 6.99. The Balaban J connectivity index is 1.99. The number of nitrogens with two attached hydrogens (primary N) is 1. The van der Waals surface area contributed by atoms with Crippen molar-refractivity contribution in [2.24, 2.45) is 11.1 Å². The van der Waals surface area contributed by atoms with Gasteiger partial charge < -0.3 is 15.8 Å². The molecular formula is C18H30N2O2. The van der Waals surface area contributed by atoms with Crippen LogP contribution in [-0.4, -0.2) is 31.7 Å². The van der Waals surface area contributed by atoms with Gasteiger partial charge in [-0.1, -0.05) is 51.1 Å². The number of rotatable bonds is 9. The lowest BCUT2D eigenvalue weighted by Gasteiger charge is -2.25. The molecule has 0 heterocycles. The van der Waals surface area contributed by atoms with Crippen LogP contribution in [0.2, 0.25) is 0 Å². The topological polar surface area (TPSA) is 64.4 Å². The molecule has 4 heteroatoms. The van der Waals surface area contributed by atoms with Gasteiger partial charge in [-0.15, -0.1) is 0 Å². The fourth-order valence-electron chi connectivity index (χ4n) is 1.98. The second kappa shape index (κ2) is 9.59. The lowest BCUT2D eigenvalue weighted by Crippen LogP contribution is -2.48. The summed E-state index contributed by atoms with van der Waals surface area (Å²) < 4.78 is 5.61. The monoisotopic (exact) mass is 306 g/mol. The zero-order valence-corrected chi connectivity index (χ0v) is 14.1. The first-order chi connectivity index (χ1) is 10.4. The molecule has 4 nitrogen and oxygen atoms in total. The highest BCUT2D eigenvalue weighted by atomic mass is 16.5. The van der Waals surface area contributed by atoms with Crippen molar-refractivity contribution in [3.05, 3.63) is 35.9 Å². The summed E-state index contributed by atoms with van der Waals surface area (Å²) in [6.45, 7) is 8.04. The van der Waals surface area contributed by atoms with E-state index in [4.69, 9.17) is 10.5 Å². The molecule has 0 saturated carbocycles. The lowest BCUT2D eigenvalue weighted by atomic mass is 9.87. The molecule has 0 unspecified atom stereocenters. The number of carbonyl (C=O) groups is 1. The molecule has 0 aliphatic heterocycles. The number of hydrogen-bond acceptors (Lipinski definition) is 3. The average Bonchev–Trinajstić information content (AvgIpc) is 2.49. The highest BCUT2D eigenvalue weighted by Gasteiger charge is 2.26. The number of hydrogen-bond donors (Lipinski definition) is 2. The predicted molar refractivity (Wildman–Crippen MR) is 90.6 cm³/mol. The molecule has 1 aromatic carbocycles. The van der Waals surface area contributed by atoms with E-state index in [9.17, 15) is 4.79 Å². The SMILES string of the molecule is CC(C)(C)[C@H](N)C(=O)NCCCCOCCc1ccccc1. The van der Waals surface area contributed by atoms with E-state index < -0.39 is 6.04 Å². The van der Waals surface area contributed by atoms with Gasteiger partial charge in [-0.2, -0.15) is 0 Å². The smallest absolute Gasteiger partial charge is 0.237 e. The van der Waals surface area contributed by atoms with E-state index in [-0.39, 0.29) is 11.3 Å². The Morgan fingerprint density at radius 2 is 1.86 bits per heavy atom. The van der Waals surface area contributed by atoms with E-state index in [1.807, 2.05) is 39.0 Å². The van der Waals surface area contributed by atoms with E-state index in [0.29, 0.717) is 6.54 Å². The molecule has 1 aromatic rings.